The van der Waals surface area contributed by atoms with Gasteiger partial charge in [-0.05, 0) is 42.5 Å². The zero-order valence-electron chi connectivity index (χ0n) is 21.0. The van der Waals surface area contributed by atoms with Gasteiger partial charge in [-0.25, -0.2) is 4.79 Å². The third-order valence-corrected chi connectivity index (χ3v) is 6.76. The SMILES string of the molecule is CC(C)CNC(=O)Cc1ccc(N2C(=O)C3C=CC=CC3=[N+](CC(=O)NC3CCCCC3)C2=O)cc1. The third kappa shape index (κ3) is 5.98. The number of hydrogen-bond acceptors (Lipinski definition) is 4. The van der Waals surface area contributed by atoms with Gasteiger partial charge in [-0.3, -0.25) is 9.59 Å². The number of urea groups is 1. The Morgan fingerprint density at radius 1 is 1.03 bits per heavy atom. The number of anilines is 1. The fourth-order valence-corrected chi connectivity index (χ4v) is 4.85. The van der Waals surface area contributed by atoms with Crippen molar-refractivity contribution in [2.75, 3.05) is 18.0 Å². The molecule has 8 heteroatoms. The first-order chi connectivity index (χ1) is 17.3. The average Bonchev–Trinajstić information content (AvgIpc) is 2.87. The number of hydrogen-bond donors (Lipinski definition) is 2. The summed E-state index contributed by atoms with van der Waals surface area (Å²) in [4.78, 5) is 53.0. The van der Waals surface area contributed by atoms with E-state index in [1.165, 1.54) is 11.0 Å². The highest BCUT2D eigenvalue weighted by Gasteiger charge is 2.48. The van der Waals surface area contributed by atoms with Crippen LogP contribution in [-0.4, -0.2) is 53.2 Å². The van der Waals surface area contributed by atoms with Crippen molar-refractivity contribution < 1.29 is 23.8 Å². The Balaban J connectivity index is 1.51. The van der Waals surface area contributed by atoms with E-state index in [2.05, 4.69) is 10.6 Å². The Morgan fingerprint density at radius 2 is 1.75 bits per heavy atom. The molecule has 190 valence electrons. The minimum Gasteiger partial charge on any atom is -0.356 e. The van der Waals surface area contributed by atoms with E-state index in [-0.39, 0.29) is 36.7 Å². The molecule has 1 unspecified atom stereocenters. The van der Waals surface area contributed by atoms with Gasteiger partial charge in [-0.15, -0.1) is 4.90 Å². The average molecular weight is 492 g/mol. The smallest absolute Gasteiger partial charge is 0.356 e. The summed E-state index contributed by atoms with van der Waals surface area (Å²) in [5.74, 6) is -0.930. The lowest BCUT2D eigenvalue weighted by molar-refractivity contribution is -0.417. The van der Waals surface area contributed by atoms with Gasteiger partial charge < -0.3 is 10.6 Å². The van der Waals surface area contributed by atoms with E-state index in [1.54, 1.807) is 48.6 Å². The fourth-order valence-electron chi connectivity index (χ4n) is 4.85. The van der Waals surface area contributed by atoms with Gasteiger partial charge in [0, 0.05) is 12.6 Å². The van der Waals surface area contributed by atoms with Crippen molar-refractivity contribution in [2.45, 2.75) is 58.4 Å². The second kappa shape index (κ2) is 11.5. The molecular weight excluding hydrogens is 456 g/mol. The first kappa shape index (κ1) is 25.5. The summed E-state index contributed by atoms with van der Waals surface area (Å²) in [5.41, 5.74) is 1.71. The molecule has 1 aromatic carbocycles. The van der Waals surface area contributed by atoms with Crippen molar-refractivity contribution in [1.82, 2.24) is 10.6 Å². The normalized spacial score (nSPS) is 20.1. The largest absolute Gasteiger partial charge is 0.506 e. The molecular formula is C28H35N4O4+. The van der Waals surface area contributed by atoms with Gasteiger partial charge in [0.1, 0.15) is 17.3 Å². The van der Waals surface area contributed by atoms with Crippen LogP contribution in [0.25, 0.3) is 0 Å². The van der Waals surface area contributed by atoms with Gasteiger partial charge in [0.05, 0.1) is 6.42 Å². The van der Waals surface area contributed by atoms with E-state index < -0.39 is 11.9 Å². The van der Waals surface area contributed by atoms with E-state index in [4.69, 9.17) is 0 Å². The first-order valence-electron chi connectivity index (χ1n) is 12.9. The number of carbonyl (C=O) groups excluding carboxylic acids is 4. The Kier molecular flexibility index (Phi) is 8.13. The van der Waals surface area contributed by atoms with Gasteiger partial charge in [-0.1, -0.05) is 63.5 Å². The molecule has 1 saturated carbocycles. The van der Waals surface area contributed by atoms with Crippen molar-refractivity contribution in [3.8, 4) is 0 Å². The summed E-state index contributed by atoms with van der Waals surface area (Å²) < 4.78 is 1.40. The highest BCUT2D eigenvalue weighted by Crippen LogP contribution is 2.26. The maximum absolute atomic E-state index is 13.5. The Morgan fingerprint density at radius 3 is 2.44 bits per heavy atom. The van der Waals surface area contributed by atoms with Crippen LogP contribution in [0.3, 0.4) is 0 Å². The molecule has 5 amide bonds. The number of imide groups is 1. The summed E-state index contributed by atoms with van der Waals surface area (Å²) in [6.45, 7) is 4.53. The number of nitrogens with one attached hydrogen (secondary N) is 2. The van der Waals surface area contributed by atoms with Crippen molar-refractivity contribution >= 4 is 35.2 Å². The lowest BCUT2D eigenvalue weighted by Gasteiger charge is -2.27. The van der Waals surface area contributed by atoms with Crippen LogP contribution in [0.2, 0.25) is 0 Å². The Hall–Kier alpha value is -3.55. The van der Waals surface area contributed by atoms with Gasteiger partial charge in [0.15, 0.2) is 6.54 Å². The van der Waals surface area contributed by atoms with Gasteiger partial charge in [0.2, 0.25) is 5.91 Å². The van der Waals surface area contributed by atoms with E-state index in [1.807, 2.05) is 13.8 Å². The van der Waals surface area contributed by atoms with Gasteiger partial charge in [0.25, 0.3) is 5.91 Å². The summed E-state index contributed by atoms with van der Waals surface area (Å²) in [7, 11) is 0. The predicted octanol–water partition coefficient (Wildman–Crippen LogP) is 3.11. The molecule has 0 bridgehead atoms. The van der Waals surface area contributed by atoms with Crippen molar-refractivity contribution in [3.63, 3.8) is 0 Å². The van der Waals surface area contributed by atoms with Crippen LogP contribution >= 0.6 is 0 Å². The number of carbonyl (C=O) groups is 4. The summed E-state index contributed by atoms with van der Waals surface area (Å²) in [5, 5.41) is 5.95. The molecule has 1 fully saturated rings. The Labute approximate surface area is 212 Å². The van der Waals surface area contributed by atoms with Crippen molar-refractivity contribution in [1.29, 1.82) is 0 Å². The molecule has 1 heterocycles. The molecule has 2 N–H and O–H groups in total. The van der Waals surface area contributed by atoms with E-state index >= 15 is 0 Å². The summed E-state index contributed by atoms with van der Waals surface area (Å²) >= 11 is 0. The second-order valence-corrected chi connectivity index (χ2v) is 10.1. The molecule has 1 aliphatic heterocycles. The number of nitrogens with zero attached hydrogens (tertiary/aromatic N) is 2. The van der Waals surface area contributed by atoms with E-state index in [9.17, 15) is 19.2 Å². The molecule has 2 aliphatic carbocycles. The van der Waals surface area contributed by atoms with Crippen LogP contribution in [0.15, 0.2) is 48.6 Å². The van der Waals surface area contributed by atoms with E-state index in [0.29, 0.717) is 23.9 Å². The fraction of sp³-hybridized carbons (Fsp3) is 0.464. The molecule has 36 heavy (non-hydrogen) atoms. The number of allylic oxidation sites excluding steroid dienone is 3. The molecule has 1 atom stereocenters. The summed E-state index contributed by atoms with van der Waals surface area (Å²) in [6.07, 6.45) is 12.5. The minimum absolute atomic E-state index is 0.0740. The second-order valence-electron chi connectivity index (χ2n) is 10.1. The monoisotopic (exact) mass is 491 g/mol. The number of fused-ring (bicyclic) bond motifs is 1. The van der Waals surface area contributed by atoms with Crippen LogP contribution in [0.4, 0.5) is 10.5 Å². The first-order valence-corrected chi connectivity index (χ1v) is 12.9. The maximum Gasteiger partial charge on any atom is 0.506 e. The van der Waals surface area contributed by atoms with E-state index in [0.717, 1.165) is 36.1 Å². The number of amides is 5. The molecule has 0 spiro atoms. The lowest BCUT2D eigenvalue weighted by atomic mass is 9.94. The van der Waals surface area contributed by atoms with Gasteiger partial charge >= 0.3 is 11.9 Å². The quantitative estimate of drug-likeness (QED) is 0.546. The molecule has 8 nitrogen and oxygen atoms in total. The summed E-state index contributed by atoms with van der Waals surface area (Å²) in [6, 6.07) is 6.44. The standard InChI is InChI=1S/C28H34N4O4/c1-19(2)17-29-25(33)16-20-12-14-22(15-13-20)32-27(35)23-10-6-7-11-24(23)31(28(32)36)18-26(34)30-21-8-4-3-5-9-21/h6-7,10-15,19,21,23H,3-5,8-9,16-18H2,1-2H3,(H-,29,30,33,34)/p+1. The zero-order chi connectivity index (χ0) is 25.7. The zero-order valence-corrected chi connectivity index (χ0v) is 21.0. The van der Waals surface area contributed by atoms with Gasteiger partial charge in [-0.2, -0.15) is 9.37 Å². The molecule has 4 rings (SSSR count). The number of benzene rings is 1. The van der Waals surface area contributed by atoms with Crippen molar-refractivity contribution in [3.05, 3.63) is 54.1 Å². The maximum atomic E-state index is 13.5. The highest BCUT2D eigenvalue weighted by atomic mass is 16.2. The molecule has 3 aliphatic rings. The highest BCUT2D eigenvalue weighted by molar-refractivity contribution is 6.26. The van der Waals surface area contributed by atoms with Crippen molar-refractivity contribution in [2.24, 2.45) is 11.8 Å². The van der Waals surface area contributed by atoms with Crippen LogP contribution in [0, 0.1) is 11.8 Å². The number of rotatable bonds is 8. The third-order valence-electron chi connectivity index (χ3n) is 6.76. The van der Waals surface area contributed by atoms with Crippen LogP contribution < -0.4 is 15.5 Å². The molecule has 0 saturated heterocycles. The minimum atomic E-state index is -0.642. The molecule has 0 aromatic heterocycles. The Bertz CT molecular complexity index is 1110. The van der Waals surface area contributed by atoms with Crippen LogP contribution in [-0.2, 0) is 20.8 Å². The topological polar surface area (TPSA) is 98.6 Å². The van der Waals surface area contributed by atoms with Crippen LogP contribution in [0.5, 0.6) is 0 Å². The predicted molar refractivity (Wildman–Crippen MR) is 138 cm³/mol. The lowest BCUT2D eigenvalue weighted by Crippen LogP contribution is -2.56. The van der Waals surface area contributed by atoms with Crippen LogP contribution in [0.1, 0.15) is 51.5 Å². The molecule has 1 aromatic rings. The molecule has 0 radical (unpaired) electrons.